The van der Waals surface area contributed by atoms with Crippen LogP contribution in [0.15, 0.2) is 53.4 Å². The molecule has 5 nitrogen and oxygen atoms in total. The maximum atomic E-state index is 11.7. The van der Waals surface area contributed by atoms with Crippen LogP contribution in [0.5, 0.6) is 0 Å². The Morgan fingerprint density at radius 1 is 1.19 bits per heavy atom. The standard InChI is InChI=1S/C19H25N3O2S3/c1-15-8-10-18(11-9-15)26-13-5-12-20-19(25)21-16-6-4-7-17(14-16)22(2)27(3,23)24/h4,6-11,14H,5,12-13H2,1-3H3,(H2,20,21,25). The van der Waals surface area contributed by atoms with Gasteiger partial charge in [-0.2, -0.15) is 0 Å². The molecule has 0 heterocycles. The van der Waals surface area contributed by atoms with Crippen LogP contribution in [0.2, 0.25) is 0 Å². The minimum Gasteiger partial charge on any atom is -0.362 e. The minimum absolute atomic E-state index is 0.523. The number of thioether (sulfide) groups is 1. The molecule has 2 rings (SSSR count). The van der Waals surface area contributed by atoms with Crippen molar-refractivity contribution in [3.63, 3.8) is 0 Å². The first kappa shape index (κ1) is 21.5. The molecule has 146 valence electrons. The molecule has 2 N–H and O–H groups in total. The van der Waals surface area contributed by atoms with Crippen LogP contribution >= 0.6 is 24.0 Å². The highest BCUT2D eigenvalue weighted by Crippen LogP contribution is 2.20. The molecule has 0 aliphatic heterocycles. The van der Waals surface area contributed by atoms with E-state index in [0.717, 1.165) is 24.4 Å². The van der Waals surface area contributed by atoms with E-state index >= 15 is 0 Å². The van der Waals surface area contributed by atoms with Crippen LogP contribution in [-0.2, 0) is 10.0 Å². The van der Waals surface area contributed by atoms with Crippen molar-refractivity contribution in [2.24, 2.45) is 0 Å². The quantitative estimate of drug-likeness (QED) is 0.382. The second kappa shape index (κ2) is 9.96. The van der Waals surface area contributed by atoms with Gasteiger partial charge in [0.25, 0.3) is 0 Å². The van der Waals surface area contributed by atoms with Crippen molar-refractivity contribution in [1.82, 2.24) is 5.32 Å². The zero-order valence-corrected chi connectivity index (χ0v) is 18.2. The summed E-state index contributed by atoms with van der Waals surface area (Å²) in [5, 5.41) is 6.80. The first-order valence-electron chi connectivity index (χ1n) is 8.54. The predicted molar refractivity (Wildman–Crippen MR) is 120 cm³/mol. The van der Waals surface area contributed by atoms with Crippen molar-refractivity contribution in [3.05, 3.63) is 54.1 Å². The molecule has 0 saturated carbocycles. The molecule has 0 unspecified atom stereocenters. The molecule has 0 atom stereocenters. The fraction of sp³-hybridized carbons (Fsp3) is 0.316. The highest BCUT2D eigenvalue weighted by atomic mass is 32.2. The third kappa shape index (κ3) is 7.40. The van der Waals surface area contributed by atoms with Crippen molar-refractivity contribution in [2.75, 3.05) is 35.2 Å². The number of anilines is 2. The van der Waals surface area contributed by atoms with Crippen LogP contribution < -0.4 is 14.9 Å². The summed E-state index contributed by atoms with van der Waals surface area (Å²) < 4.78 is 24.5. The van der Waals surface area contributed by atoms with E-state index in [4.69, 9.17) is 12.2 Å². The number of hydrogen-bond donors (Lipinski definition) is 2. The van der Waals surface area contributed by atoms with Crippen LogP contribution in [-0.4, -0.2) is 39.1 Å². The topological polar surface area (TPSA) is 61.4 Å². The van der Waals surface area contributed by atoms with E-state index in [-0.39, 0.29) is 0 Å². The largest absolute Gasteiger partial charge is 0.362 e. The third-order valence-electron chi connectivity index (χ3n) is 3.86. The molecule has 0 aliphatic rings. The molecule has 0 bridgehead atoms. The minimum atomic E-state index is -3.29. The normalized spacial score (nSPS) is 11.1. The number of thiocarbonyl (C=S) groups is 1. The summed E-state index contributed by atoms with van der Waals surface area (Å²) >= 11 is 7.14. The van der Waals surface area contributed by atoms with Gasteiger partial charge < -0.3 is 10.6 Å². The van der Waals surface area contributed by atoms with Gasteiger partial charge in [-0.05, 0) is 61.6 Å². The second-order valence-electron chi connectivity index (χ2n) is 6.18. The molecule has 2 aromatic carbocycles. The maximum absolute atomic E-state index is 11.7. The molecule has 0 aromatic heterocycles. The highest BCUT2D eigenvalue weighted by Gasteiger charge is 2.12. The average molecular weight is 424 g/mol. The zero-order chi connectivity index (χ0) is 19.9. The van der Waals surface area contributed by atoms with Crippen molar-refractivity contribution in [1.29, 1.82) is 0 Å². The Bertz CT molecular complexity index is 868. The fourth-order valence-corrected chi connectivity index (χ4v) is 3.81. The zero-order valence-electron chi connectivity index (χ0n) is 15.7. The Hall–Kier alpha value is -1.77. The number of nitrogens with one attached hydrogen (secondary N) is 2. The third-order valence-corrected chi connectivity index (χ3v) is 6.41. The number of sulfonamides is 1. The Morgan fingerprint density at radius 3 is 2.56 bits per heavy atom. The first-order valence-corrected chi connectivity index (χ1v) is 11.8. The van der Waals surface area contributed by atoms with Gasteiger partial charge in [-0.1, -0.05) is 23.8 Å². The van der Waals surface area contributed by atoms with E-state index in [1.165, 1.54) is 28.1 Å². The lowest BCUT2D eigenvalue weighted by atomic mass is 10.2. The molecular weight excluding hydrogens is 398 g/mol. The summed E-state index contributed by atoms with van der Waals surface area (Å²) in [6, 6.07) is 15.7. The van der Waals surface area contributed by atoms with Crippen molar-refractivity contribution in [3.8, 4) is 0 Å². The SMILES string of the molecule is Cc1ccc(SCCCNC(=S)Nc2cccc(N(C)S(C)(=O)=O)c2)cc1. The number of nitrogens with zero attached hydrogens (tertiary/aromatic N) is 1. The van der Waals surface area contributed by atoms with Crippen molar-refractivity contribution < 1.29 is 8.42 Å². The molecule has 0 radical (unpaired) electrons. The summed E-state index contributed by atoms with van der Waals surface area (Å²) in [6.07, 6.45) is 2.16. The van der Waals surface area contributed by atoms with Gasteiger partial charge in [-0.25, -0.2) is 8.42 Å². The van der Waals surface area contributed by atoms with Gasteiger partial charge >= 0.3 is 0 Å². The van der Waals surface area contributed by atoms with Gasteiger partial charge in [0.2, 0.25) is 10.0 Å². The van der Waals surface area contributed by atoms with E-state index < -0.39 is 10.0 Å². The molecule has 0 fully saturated rings. The van der Waals surface area contributed by atoms with Crippen LogP contribution in [0.3, 0.4) is 0 Å². The average Bonchev–Trinajstić information content (AvgIpc) is 2.62. The molecule has 27 heavy (non-hydrogen) atoms. The Kier molecular flexibility index (Phi) is 7.94. The van der Waals surface area contributed by atoms with Crippen LogP contribution in [0.1, 0.15) is 12.0 Å². The van der Waals surface area contributed by atoms with E-state index in [0.29, 0.717) is 10.8 Å². The lowest BCUT2D eigenvalue weighted by Crippen LogP contribution is -2.29. The monoisotopic (exact) mass is 423 g/mol. The Labute approximate surface area is 171 Å². The first-order chi connectivity index (χ1) is 12.8. The summed E-state index contributed by atoms with van der Waals surface area (Å²) in [5.74, 6) is 1.01. The van der Waals surface area contributed by atoms with Crippen LogP contribution in [0.4, 0.5) is 11.4 Å². The summed E-state index contributed by atoms with van der Waals surface area (Å²) in [7, 11) is -1.77. The molecule has 0 spiro atoms. The van der Waals surface area contributed by atoms with E-state index in [9.17, 15) is 8.42 Å². The number of rotatable bonds is 8. The molecular formula is C19H25N3O2S3. The fourth-order valence-electron chi connectivity index (χ4n) is 2.24. The van der Waals surface area contributed by atoms with Crippen molar-refractivity contribution in [2.45, 2.75) is 18.2 Å². The summed E-state index contributed by atoms with van der Waals surface area (Å²) in [5.41, 5.74) is 2.60. The molecule has 8 heteroatoms. The maximum Gasteiger partial charge on any atom is 0.231 e. The van der Waals surface area contributed by atoms with Gasteiger partial charge in [0.1, 0.15) is 0 Å². The predicted octanol–water partition coefficient (Wildman–Crippen LogP) is 3.86. The van der Waals surface area contributed by atoms with Gasteiger partial charge in [-0.15, -0.1) is 11.8 Å². The summed E-state index contributed by atoms with van der Waals surface area (Å²) in [4.78, 5) is 1.27. The molecule has 2 aromatic rings. The second-order valence-corrected chi connectivity index (χ2v) is 9.77. The molecule has 0 saturated heterocycles. The van der Waals surface area contributed by atoms with Gasteiger partial charge in [-0.3, -0.25) is 4.31 Å². The van der Waals surface area contributed by atoms with Gasteiger partial charge in [0.15, 0.2) is 5.11 Å². The van der Waals surface area contributed by atoms with E-state index in [2.05, 4.69) is 41.8 Å². The number of benzene rings is 2. The smallest absolute Gasteiger partial charge is 0.231 e. The highest BCUT2D eigenvalue weighted by molar-refractivity contribution is 7.99. The van der Waals surface area contributed by atoms with Gasteiger partial charge in [0.05, 0.1) is 11.9 Å². The van der Waals surface area contributed by atoms with Crippen molar-refractivity contribution >= 4 is 50.5 Å². The Balaban J connectivity index is 1.75. The number of aryl methyl sites for hydroxylation is 1. The molecule has 0 amide bonds. The lowest BCUT2D eigenvalue weighted by molar-refractivity contribution is 0.600. The van der Waals surface area contributed by atoms with Crippen LogP contribution in [0.25, 0.3) is 0 Å². The van der Waals surface area contributed by atoms with E-state index in [1.54, 1.807) is 18.2 Å². The van der Waals surface area contributed by atoms with E-state index in [1.807, 2.05) is 17.8 Å². The van der Waals surface area contributed by atoms with Crippen LogP contribution in [0, 0.1) is 6.92 Å². The molecule has 0 aliphatic carbocycles. The lowest BCUT2D eigenvalue weighted by Gasteiger charge is -2.18. The summed E-state index contributed by atoms with van der Waals surface area (Å²) in [6.45, 7) is 2.86. The number of hydrogen-bond acceptors (Lipinski definition) is 4. The van der Waals surface area contributed by atoms with Gasteiger partial charge in [0, 0.05) is 24.2 Å². The Morgan fingerprint density at radius 2 is 1.89 bits per heavy atom.